The highest BCUT2D eigenvalue weighted by Gasteiger charge is 2.34. The number of alkyl halides is 1. The maximum atomic E-state index is 12.9. The van der Waals surface area contributed by atoms with Crippen LogP contribution in [0.2, 0.25) is 0 Å². The Labute approximate surface area is 86.9 Å². The van der Waals surface area contributed by atoms with E-state index in [4.69, 9.17) is 5.73 Å². The van der Waals surface area contributed by atoms with Crippen LogP contribution in [0.3, 0.4) is 0 Å². The van der Waals surface area contributed by atoms with E-state index in [2.05, 4.69) is 0 Å². The second-order valence-electron chi connectivity index (χ2n) is 3.53. The lowest BCUT2D eigenvalue weighted by molar-refractivity contribution is 0.374. The van der Waals surface area contributed by atoms with E-state index in [0.29, 0.717) is 12.0 Å². The Bertz CT molecular complexity index is 251. The largest absolute Gasteiger partial charge is 0.772 e. The summed E-state index contributed by atoms with van der Waals surface area (Å²) in [6.45, 7) is 4.20. The maximum Gasteiger partial charge on any atom is 0.111 e. The molecular weight excluding hydrogens is 205 g/mol. The average molecular weight is 222 g/mol. The monoisotopic (exact) mass is 222 g/mol. The first kappa shape index (κ1) is 13.6. The number of hydrogen-bond donors (Lipinski definition) is 1. The number of allylic oxidation sites excluding steroid dienone is 1. The highest BCUT2D eigenvalue weighted by atomic mass is 32.2. The van der Waals surface area contributed by atoms with Crippen molar-refractivity contribution in [3.8, 4) is 0 Å². The zero-order valence-corrected chi connectivity index (χ0v) is 9.62. The molecular formula is C9H17FNO2S-. The average Bonchev–Trinajstić information content (AvgIpc) is 2.12. The van der Waals surface area contributed by atoms with Gasteiger partial charge in [-0.25, -0.2) is 4.39 Å². The van der Waals surface area contributed by atoms with E-state index >= 15 is 0 Å². The van der Waals surface area contributed by atoms with Crippen molar-refractivity contribution in [3.05, 3.63) is 11.3 Å². The molecule has 3 nitrogen and oxygen atoms in total. The van der Waals surface area contributed by atoms with E-state index in [9.17, 15) is 13.2 Å². The molecule has 2 atom stereocenters. The van der Waals surface area contributed by atoms with Crippen LogP contribution < -0.4 is 5.73 Å². The third-order valence-electron chi connectivity index (χ3n) is 2.22. The van der Waals surface area contributed by atoms with Crippen molar-refractivity contribution in [3.63, 3.8) is 0 Å². The first-order valence-electron chi connectivity index (χ1n) is 4.51. The molecule has 0 aromatic heterocycles. The zero-order valence-electron chi connectivity index (χ0n) is 8.80. The molecule has 0 radical (unpaired) electrons. The van der Waals surface area contributed by atoms with Gasteiger partial charge in [-0.3, -0.25) is 4.21 Å². The van der Waals surface area contributed by atoms with Gasteiger partial charge in [-0.05, 0) is 31.3 Å². The molecule has 84 valence electrons. The van der Waals surface area contributed by atoms with Crippen molar-refractivity contribution in [2.24, 2.45) is 5.73 Å². The van der Waals surface area contributed by atoms with E-state index in [1.165, 1.54) is 0 Å². The molecule has 2 N–H and O–H groups in total. The van der Waals surface area contributed by atoms with Gasteiger partial charge < -0.3 is 10.3 Å². The number of nitrogens with two attached hydrogens (primary N) is 1. The minimum absolute atomic E-state index is 0.134. The number of hydrogen-bond acceptors (Lipinski definition) is 3. The smallest absolute Gasteiger partial charge is 0.111 e. The first-order chi connectivity index (χ1) is 6.42. The second kappa shape index (κ2) is 5.46. The van der Waals surface area contributed by atoms with E-state index in [1.54, 1.807) is 20.8 Å². The Kier molecular flexibility index (Phi) is 5.29. The third kappa shape index (κ3) is 2.54. The Balaban J connectivity index is 5.25. The van der Waals surface area contributed by atoms with Crippen LogP contribution >= 0.6 is 0 Å². The Morgan fingerprint density at radius 3 is 2.29 bits per heavy atom. The van der Waals surface area contributed by atoms with Crippen LogP contribution in [-0.4, -0.2) is 20.2 Å². The summed E-state index contributed by atoms with van der Waals surface area (Å²) in [5.41, 5.74) is 6.43. The van der Waals surface area contributed by atoms with Gasteiger partial charge in [0.15, 0.2) is 0 Å². The van der Waals surface area contributed by atoms with Crippen molar-refractivity contribution in [2.45, 2.75) is 38.4 Å². The molecule has 0 aliphatic heterocycles. The fourth-order valence-corrected chi connectivity index (χ4v) is 2.19. The van der Waals surface area contributed by atoms with Crippen molar-refractivity contribution in [1.82, 2.24) is 0 Å². The standard InChI is InChI=1S/C9H18FNO2S/c1-4-5-9(6-10,14(12)13)8(11)7(2)3/h4-6,11H2,1-3H3,(H,12,13)/p-1/t9-/m0/s1. The van der Waals surface area contributed by atoms with E-state index < -0.39 is 22.5 Å². The van der Waals surface area contributed by atoms with Crippen molar-refractivity contribution in [1.29, 1.82) is 0 Å². The topological polar surface area (TPSA) is 66.2 Å². The van der Waals surface area contributed by atoms with Crippen LogP contribution in [0.25, 0.3) is 0 Å². The Morgan fingerprint density at radius 2 is 2.07 bits per heavy atom. The highest BCUT2D eigenvalue weighted by molar-refractivity contribution is 7.81. The van der Waals surface area contributed by atoms with Crippen molar-refractivity contribution >= 4 is 11.1 Å². The maximum absolute atomic E-state index is 12.9. The fraction of sp³-hybridized carbons (Fsp3) is 0.778. The minimum Gasteiger partial charge on any atom is -0.772 e. The van der Waals surface area contributed by atoms with Gasteiger partial charge >= 0.3 is 0 Å². The molecule has 14 heavy (non-hydrogen) atoms. The van der Waals surface area contributed by atoms with Crippen LogP contribution in [-0.2, 0) is 11.1 Å². The van der Waals surface area contributed by atoms with Crippen LogP contribution in [0.5, 0.6) is 0 Å². The van der Waals surface area contributed by atoms with Crippen LogP contribution in [0.15, 0.2) is 11.3 Å². The summed E-state index contributed by atoms with van der Waals surface area (Å²) < 4.78 is 33.4. The predicted molar refractivity (Wildman–Crippen MR) is 55.1 cm³/mol. The molecule has 5 heteroatoms. The summed E-state index contributed by atoms with van der Waals surface area (Å²) in [6.07, 6.45) is 0.794. The van der Waals surface area contributed by atoms with E-state index in [-0.39, 0.29) is 12.1 Å². The number of rotatable bonds is 5. The van der Waals surface area contributed by atoms with Gasteiger partial charge in [0.1, 0.15) is 11.4 Å². The van der Waals surface area contributed by atoms with E-state index in [1.807, 2.05) is 0 Å². The molecule has 0 saturated carbocycles. The van der Waals surface area contributed by atoms with Gasteiger partial charge in [0.2, 0.25) is 0 Å². The SMILES string of the molecule is CCC[C@](CF)(C(N)=C(C)C)S(=O)[O-]. The molecule has 0 aromatic rings. The Hall–Kier alpha value is -0.420. The van der Waals surface area contributed by atoms with Crippen molar-refractivity contribution < 1.29 is 13.2 Å². The molecule has 0 aromatic carbocycles. The molecule has 0 heterocycles. The van der Waals surface area contributed by atoms with Crippen molar-refractivity contribution in [2.75, 3.05) is 6.67 Å². The third-order valence-corrected chi connectivity index (χ3v) is 3.39. The molecule has 0 aliphatic rings. The molecule has 1 unspecified atom stereocenters. The van der Waals surface area contributed by atoms with Gasteiger partial charge in [0.25, 0.3) is 0 Å². The first-order valence-corrected chi connectivity index (χ1v) is 5.58. The van der Waals surface area contributed by atoms with Gasteiger partial charge in [-0.1, -0.05) is 18.9 Å². The molecule has 0 aliphatic carbocycles. The molecule has 0 bridgehead atoms. The van der Waals surface area contributed by atoms with Crippen LogP contribution in [0, 0.1) is 0 Å². The lowest BCUT2D eigenvalue weighted by atomic mass is 9.97. The normalized spacial score (nSPS) is 17.2. The van der Waals surface area contributed by atoms with Crippen LogP contribution in [0.1, 0.15) is 33.6 Å². The van der Waals surface area contributed by atoms with Gasteiger partial charge in [-0.2, -0.15) is 0 Å². The van der Waals surface area contributed by atoms with E-state index in [0.717, 1.165) is 0 Å². The van der Waals surface area contributed by atoms with Gasteiger partial charge in [-0.15, -0.1) is 0 Å². The van der Waals surface area contributed by atoms with Gasteiger partial charge in [0, 0.05) is 5.70 Å². The lowest BCUT2D eigenvalue weighted by Crippen LogP contribution is -2.42. The molecule has 0 fully saturated rings. The summed E-state index contributed by atoms with van der Waals surface area (Å²) in [5.74, 6) is 0. The summed E-state index contributed by atoms with van der Waals surface area (Å²) in [7, 11) is 0. The lowest BCUT2D eigenvalue weighted by Gasteiger charge is -2.34. The minimum atomic E-state index is -2.52. The molecule has 0 saturated heterocycles. The van der Waals surface area contributed by atoms with Gasteiger partial charge in [0.05, 0.1) is 0 Å². The summed E-state index contributed by atoms with van der Waals surface area (Å²) in [5, 5.41) is 0. The van der Waals surface area contributed by atoms with Crippen LogP contribution in [0.4, 0.5) is 4.39 Å². The highest BCUT2D eigenvalue weighted by Crippen LogP contribution is 2.28. The molecule has 0 amide bonds. The fourth-order valence-electron chi connectivity index (χ4n) is 1.35. The molecule has 0 rings (SSSR count). The second-order valence-corrected chi connectivity index (χ2v) is 4.78. The molecule has 0 spiro atoms. The predicted octanol–water partition coefficient (Wildman–Crippen LogP) is 1.63. The summed E-state index contributed by atoms with van der Waals surface area (Å²) in [6, 6.07) is 0. The number of halogens is 1. The quantitative estimate of drug-likeness (QED) is 0.719. The summed E-state index contributed by atoms with van der Waals surface area (Å²) >= 11 is -2.52. The Morgan fingerprint density at radius 1 is 1.57 bits per heavy atom. The summed E-state index contributed by atoms with van der Waals surface area (Å²) in [4.78, 5) is 0. The zero-order chi connectivity index (χ0) is 11.4.